The van der Waals surface area contributed by atoms with Crippen molar-refractivity contribution in [3.63, 3.8) is 0 Å². The second kappa shape index (κ2) is 2.47. The van der Waals surface area contributed by atoms with Gasteiger partial charge >= 0.3 is 0 Å². The second-order valence-electron chi connectivity index (χ2n) is 5.14. The molecule has 1 heteroatoms. The molecule has 3 fully saturated rings. The predicted octanol–water partition coefficient (Wildman–Crippen LogP) is 2.18. The third-order valence-electron chi connectivity index (χ3n) is 4.49. The van der Waals surface area contributed by atoms with E-state index in [1.165, 1.54) is 51.6 Å². The summed E-state index contributed by atoms with van der Waals surface area (Å²) in [6.45, 7) is 2.68. The van der Waals surface area contributed by atoms with Gasteiger partial charge in [0.1, 0.15) is 0 Å². The highest BCUT2D eigenvalue weighted by Gasteiger charge is 2.54. The molecule has 0 aromatic rings. The minimum Gasteiger partial charge on any atom is -0.316 e. The van der Waals surface area contributed by atoms with Gasteiger partial charge in [-0.1, -0.05) is 25.7 Å². The second-order valence-corrected chi connectivity index (χ2v) is 5.14. The standard InChI is InChI=1S/C11H19N/c1-2-4-9(3-1)10-7-12-8-11(10)5-6-11/h9-10,12H,1-8H2/t10-/m1/s1. The molecule has 0 bridgehead atoms. The van der Waals surface area contributed by atoms with E-state index in [1.54, 1.807) is 0 Å². The number of nitrogens with one attached hydrogen (secondary N) is 1. The Bertz CT molecular complexity index is 177. The van der Waals surface area contributed by atoms with Crippen LogP contribution in [-0.2, 0) is 0 Å². The van der Waals surface area contributed by atoms with Crippen molar-refractivity contribution in [3.05, 3.63) is 0 Å². The lowest BCUT2D eigenvalue weighted by atomic mass is 9.81. The van der Waals surface area contributed by atoms with Gasteiger partial charge < -0.3 is 5.32 Å². The quantitative estimate of drug-likeness (QED) is 0.628. The molecular formula is C11H19N. The lowest BCUT2D eigenvalue weighted by Gasteiger charge is -2.23. The summed E-state index contributed by atoms with van der Waals surface area (Å²) in [7, 11) is 0. The van der Waals surface area contributed by atoms with E-state index in [1.807, 2.05) is 0 Å². The van der Waals surface area contributed by atoms with Gasteiger partial charge in [-0.05, 0) is 36.6 Å². The minimum absolute atomic E-state index is 0.814. The van der Waals surface area contributed by atoms with Gasteiger partial charge in [-0.15, -0.1) is 0 Å². The van der Waals surface area contributed by atoms with Gasteiger partial charge in [-0.2, -0.15) is 0 Å². The van der Waals surface area contributed by atoms with Crippen molar-refractivity contribution < 1.29 is 0 Å². The van der Waals surface area contributed by atoms with Crippen LogP contribution >= 0.6 is 0 Å². The van der Waals surface area contributed by atoms with Gasteiger partial charge in [0.25, 0.3) is 0 Å². The van der Waals surface area contributed by atoms with Crippen molar-refractivity contribution in [1.82, 2.24) is 5.32 Å². The van der Waals surface area contributed by atoms with Crippen LogP contribution < -0.4 is 5.32 Å². The van der Waals surface area contributed by atoms with Gasteiger partial charge in [0.05, 0.1) is 0 Å². The maximum atomic E-state index is 3.60. The molecule has 68 valence electrons. The molecule has 2 saturated carbocycles. The zero-order chi connectivity index (χ0) is 8.02. The summed E-state index contributed by atoms with van der Waals surface area (Å²) in [4.78, 5) is 0. The molecular weight excluding hydrogens is 146 g/mol. The predicted molar refractivity (Wildman–Crippen MR) is 50.0 cm³/mol. The van der Waals surface area contributed by atoms with Crippen molar-refractivity contribution in [2.75, 3.05) is 13.1 Å². The molecule has 0 aromatic heterocycles. The Balaban J connectivity index is 1.74. The SMILES string of the molecule is C1CCC([C@H]2CNCC23CC3)C1. The van der Waals surface area contributed by atoms with Crippen LogP contribution in [0.1, 0.15) is 38.5 Å². The Hall–Kier alpha value is -0.0400. The topological polar surface area (TPSA) is 12.0 Å². The Morgan fingerprint density at radius 1 is 1.08 bits per heavy atom. The highest BCUT2D eigenvalue weighted by atomic mass is 15.0. The third-order valence-corrected chi connectivity index (χ3v) is 4.49. The van der Waals surface area contributed by atoms with Crippen LogP contribution in [0.15, 0.2) is 0 Å². The van der Waals surface area contributed by atoms with Crippen LogP contribution in [-0.4, -0.2) is 13.1 Å². The van der Waals surface area contributed by atoms with E-state index in [-0.39, 0.29) is 0 Å². The zero-order valence-corrected chi connectivity index (χ0v) is 7.81. The van der Waals surface area contributed by atoms with Crippen molar-refractivity contribution in [2.24, 2.45) is 17.3 Å². The molecule has 2 aliphatic carbocycles. The Labute approximate surface area is 74.9 Å². The molecule has 1 aliphatic heterocycles. The molecule has 0 radical (unpaired) electrons. The molecule has 1 atom stereocenters. The van der Waals surface area contributed by atoms with Crippen molar-refractivity contribution in [1.29, 1.82) is 0 Å². The first kappa shape index (κ1) is 7.37. The summed E-state index contributed by atoms with van der Waals surface area (Å²) in [6, 6.07) is 0. The summed E-state index contributed by atoms with van der Waals surface area (Å²) < 4.78 is 0. The van der Waals surface area contributed by atoms with Crippen LogP contribution in [0.5, 0.6) is 0 Å². The monoisotopic (exact) mass is 165 g/mol. The van der Waals surface area contributed by atoms with Gasteiger partial charge in [-0.25, -0.2) is 0 Å². The molecule has 1 saturated heterocycles. The summed E-state index contributed by atoms with van der Waals surface area (Å²) >= 11 is 0. The molecule has 1 spiro atoms. The first-order valence-corrected chi connectivity index (χ1v) is 5.61. The van der Waals surface area contributed by atoms with Crippen LogP contribution in [0, 0.1) is 17.3 Å². The fourth-order valence-corrected chi connectivity index (χ4v) is 3.56. The van der Waals surface area contributed by atoms with Crippen LogP contribution in [0.2, 0.25) is 0 Å². The van der Waals surface area contributed by atoms with Gasteiger partial charge in [-0.3, -0.25) is 0 Å². The Morgan fingerprint density at radius 3 is 2.50 bits per heavy atom. The number of hydrogen-bond donors (Lipinski definition) is 1. The minimum atomic E-state index is 0.814. The lowest BCUT2D eigenvalue weighted by molar-refractivity contribution is 0.269. The fourth-order valence-electron chi connectivity index (χ4n) is 3.56. The molecule has 12 heavy (non-hydrogen) atoms. The average molecular weight is 165 g/mol. The van der Waals surface area contributed by atoms with E-state index in [4.69, 9.17) is 0 Å². The molecule has 0 aromatic carbocycles. The largest absolute Gasteiger partial charge is 0.316 e. The highest BCUT2D eigenvalue weighted by molar-refractivity contribution is 5.07. The third kappa shape index (κ3) is 0.953. The summed E-state index contributed by atoms with van der Waals surface area (Å²) in [5.41, 5.74) is 0.814. The maximum Gasteiger partial charge on any atom is 0.00112 e. The molecule has 1 heterocycles. The maximum absolute atomic E-state index is 3.60. The van der Waals surface area contributed by atoms with Crippen molar-refractivity contribution >= 4 is 0 Å². The smallest absolute Gasteiger partial charge is 0.00112 e. The Kier molecular flexibility index (Phi) is 1.52. The molecule has 1 N–H and O–H groups in total. The summed E-state index contributed by atoms with van der Waals surface area (Å²) in [5, 5.41) is 3.60. The number of rotatable bonds is 1. The summed E-state index contributed by atoms with van der Waals surface area (Å²) in [5.74, 6) is 2.17. The van der Waals surface area contributed by atoms with Crippen molar-refractivity contribution in [3.8, 4) is 0 Å². The van der Waals surface area contributed by atoms with Crippen molar-refractivity contribution in [2.45, 2.75) is 38.5 Å². The van der Waals surface area contributed by atoms with Gasteiger partial charge in [0.15, 0.2) is 0 Å². The van der Waals surface area contributed by atoms with E-state index >= 15 is 0 Å². The average Bonchev–Trinajstić information content (AvgIpc) is 2.51. The first-order chi connectivity index (χ1) is 5.91. The molecule has 3 rings (SSSR count). The van der Waals surface area contributed by atoms with E-state index in [0.29, 0.717) is 0 Å². The van der Waals surface area contributed by atoms with E-state index in [0.717, 1.165) is 17.3 Å². The van der Waals surface area contributed by atoms with Crippen LogP contribution in [0.25, 0.3) is 0 Å². The lowest BCUT2D eigenvalue weighted by Crippen LogP contribution is -2.21. The normalized spacial score (nSPS) is 39.5. The molecule has 3 aliphatic rings. The number of hydrogen-bond acceptors (Lipinski definition) is 1. The van der Waals surface area contributed by atoms with Gasteiger partial charge in [0, 0.05) is 6.54 Å². The fraction of sp³-hybridized carbons (Fsp3) is 1.00. The van der Waals surface area contributed by atoms with E-state index in [9.17, 15) is 0 Å². The Morgan fingerprint density at radius 2 is 1.83 bits per heavy atom. The molecule has 0 unspecified atom stereocenters. The highest BCUT2D eigenvalue weighted by Crippen LogP contribution is 2.58. The molecule has 1 nitrogen and oxygen atoms in total. The zero-order valence-electron chi connectivity index (χ0n) is 7.81. The van der Waals surface area contributed by atoms with Crippen LogP contribution in [0.4, 0.5) is 0 Å². The molecule has 0 amide bonds. The van der Waals surface area contributed by atoms with E-state index in [2.05, 4.69) is 5.32 Å². The van der Waals surface area contributed by atoms with E-state index < -0.39 is 0 Å². The summed E-state index contributed by atoms with van der Waals surface area (Å²) in [6.07, 6.45) is 9.15. The first-order valence-electron chi connectivity index (χ1n) is 5.61. The van der Waals surface area contributed by atoms with Crippen LogP contribution in [0.3, 0.4) is 0 Å². The van der Waals surface area contributed by atoms with Gasteiger partial charge in [0.2, 0.25) is 0 Å².